The van der Waals surface area contributed by atoms with Gasteiger partial charge >= 0.3 is 5.69 Å². The minimum Gasteiger partial charge on any atom is -0.381 e. The molecule has 0 spiro atoms. The Balaban J connectivity index is 1.87. The van der Waals surface area contributed by atoms with E-state index in [0.29, 0.717) is 11.9 Å². The molecule has 110 valence electrons. The summed E-state index contributed by atoms with van der Waals surface area (Å²) in [6.07, 6.45) is 6.71. The van der Waals surface area contributed by atoms with Crippen LogP contribution in [0.5, 0.6) is 0 Å². The summed E-state index contributed by atoms with van der Waals surface area (Å²) in [7, 11) is 1.73. The highest BCUT2D eigenvalue weighted by molar-refractivity contribution is 5.58. The highest BCUT2D eigenvalue weighted by atomic mass is 16.6. The van der Waals surface area contributed by atoms with Gasteiger partial charge in [0.25, 0.3) is 0 Å². The smallest absolute Gasteiger partial charge is 0.331 e. The van der Waals surface area contributed by atoms with E-state index < -0.39 is 0 Å². The van der Waals surface area contributed by atoms with Crippen LogP contribution < -0.4 is 4.90 Å². The molecule has 1 aromatic rings. The average Bonchev–Trinajstić information content (AvgIpc) is 3.22. The Kier molecular flexibility index (Phi) is 3.60. The molecule has 1 aliphatic heterocycles. The fourth-order valence-electron chi connectivity index (χ4n) is 2.88. The first-order valence-corrected chi connectivity index (χ1v) is 7.20. The van der Waals surface area contributed by atoms with Gasteiger partial charge in [0, 0.05) is 20.2 Å². The van der Waals surface area contributed by atoms with Gasteiger partial charge in [-0.3, -0.25) is 10.1 Å². The van der Waals surface area contributed by atoms with Crippen LogP contribution in [0.25, 0.3) is 0 Å². The summed E-state index contributed by atoms with van der Waals surface area (Å²) in [5.74, 6) is 0.689. The topological polar surface area (TPSA) is 73.4 Å². The molecule has 0 aromatic carbocycles. The van der Waals surface area contributed by atoms with Crippen LogP contribution in [0.2, 0.25) is 0 Å². The minimum absolute atomic E-state index is 0.132. The largest absolute Gasteiger partial charge is 0.381 e. The van der Waals surface area contributed by atoms with Crippen molar-refractivity contribution in [2.45, 2.75) is 44.2 Å². The summed E-state index contributed by atoms with van der Waals surface area (Å²) in [4.78, 5) is 13.0. The standard InChI is InChI=1S/C13H20N4O3/c1-20-11-3-2-7-15(8-6-11)13-12(17(18)19)9-14-16(13)10-4-5-10/h9-11H,2-8H2,1H3/t11-/m0/s1. The highest BCUT2D eigenvalue weighted by Crippen LogP contribution is 2.41. The molecule has 1 saturated heterocycles. The molecule has 7 nitrogen and oxygen atoms in total. The summed E-state index contributed by atoms with van der Waals surface area (Å²) in [6.45, 7) is 1.62. The second-order valence-electron chi connectivity index (χ2n) is 5.56. The Labute approximate surface area is 117 Å². The Morgan fingerprint density at radius 2 is 2.15 bits per heavy atom. The van der Waals surface area contributed by atoms with Crippen molar-refractivity contribution in [2.24, 2.45) is 0 Å². The summed E-state index contributed by atoms with van der Waals surface area (Å²) in [5.41, 5.74) is 0.132. The molecular formula is C13H20N4O3. The van der Waals surface area contributed by atoms with Crippen molar-refractivity contribution in [3.8, 4) is 0 Å². The van der Waals surface area contributed by atoms with Gasteiger partial charge in [-0.25, -0.2) is 4.68 Å². The first-order valence-electron chi connectivity index (χ1n) is 7.20. The molecule has 1 atom stereocenters. The maximum absolute atomic E-state index is 11.2. The first-order chi connectivity index (χ1) is 9.70. The number of rotatable bonds is 4. The third-order valence-corrected chi connectivity index (χ3v) is 4.15. The van der Waals surface area contributed by atoms with Gasteiger partial charge in [-0.15, -0.1) is 0 Å². The van der Waals surface area contributed by atoms with Crippen LogP contribution in [0, 0.1) is 10.1 Å². The fraction of sp³-hybridized carbons (Fsp3) is 0.769. The molecule has 2 aliphatic rings. The Bertz CT molecular complexity index is 498. The quantitative estimate of drug-likeness (QED) is 0.624. The number of methoxy groups -OCH3 is 1. The zero-order valence-corrected chi connectivity index (χ0v) is 11.7. The van der Waals surface area contributed by atoms with Crippen molar-refractivity contribution in [3.63, 3.8) is 0 Å². The van der Waals surface area contributed by atoms with Gasteiger partial charge in [0.2, 0.25) is 5.82 Å². The Hall–Kier alpha value is -1.63. The van der Waals surface area contributed by atoms with Crippen LogP contribution >= 0.6 is 0 Å². The molecule has 3 rings (SSSR count). The molecule has 1 saturated carbocycles. The van der Waals surface area contributed by atoms with Crippen LogP contribution in [-0.4, -0.2) is 41.0 Å². The lowest BCUT2D eigenvalue weighted by molar-refractivity contribution is -0.384. The molecule has 0 unspecified atom stereocenters. The Morgan fingerprint density at radius 1 is 1.35 bits per heavy atom. The minimum atomic E-state index is -0.320. The summed E-state index contributed by atoms with van der Waals surface area (Å²) in [6, 6.07) is 0.347. The van der Waals surface area contributed by atoms with E-state index in [2.05, 4.69) is 10.00 Å². The van der Waals surface area contributed by atoms with Crippen molar-refractivity contribution in [1.82, 2.24) is 9.78 Å². The van der Waals surface area contributed by atoms with E-state index in [0.717, 1.165) is 45.2 Å². The molecular weight excluding hydrogens is 260 g/mol. The fourth-order valence-corrected chi connectivity index (χ4v) is 2.88. The summed E-state index contributed by atoms with van der Waals surface area (Å²) in [5, 5.41) is 15.5. The van der Waals surface area contributed by atoms with Crippen molar-refractivity contribution in [1.29, 1.82) is 0 Å². The lowest BCUT2D eigenvalue weighted by Gasteiger charge is -2.22. The third kappa shape index (κ3) is 2.49. The highest BCUT2D eigenvalue weighted by Gasteiger charge is 2.34. The molecule has 0 N–H and O–H groups in total. The zero-order chi connectivity index (χ0) is 14.1. The predicted molar refractivity (Wildman–Crippen MR) is 74.0 cm³/mol. The van der Waals surface area contributed by atoms with Crippen LogP contribution in [0.3, 0.4) is 0 Å². The summed E-state index contributed by atoms with van der Waals surface area (Å²) < 4.78 is 7.27. The monoisotopic (exact) mass is 280 g/mol. The lowest BCUT2D eigenvalue weighted by Crippen LogP contribution is -2.28. The molecule has 0 radical (unpaired) electrons. The SMILES string of the molecule is CO[C@H]1CCCN(c2c([N+](=O)[O-])cnn2C2CC2)CC1. The van der Waals surface area contributed by atoms with Gasteiger partial charge in [-0.1, -0.05) is 0 Å². The molecule has 0 bridgehead atoms. The lowest BCUT2D eigenvalue weighted by atomic mass is 10.2. The van der Waals surface area contributed by atoms with Gasteiger partial charge in [0.05, 0.1) is 17.1 Å². The zero-order valence-electron chi connectivity index (χ0n) is 11.7. The molecule has 0 amide bonds. The maximum Gasteiger partial charge on any atom is 0.331 e. The summed E-state index contributed by atoms with van der Waals surface area (Å²) >= 11 is 0. The molecule has 2 fully saturated rings. The number of anilines is 1. The molecule has 2 heterocycles. The van der Waals surface area contributed by atoms with E-state index in [1.807, 2.05) is 4.68 Å². The van der Waals surface area contributed by atoms with E-state index in [-0.39, 0.29) is 16.7 Å². The number of nitrogens with zero attached hydrogens (tertiary/aromatic N) is 4. The van der Waals surface area contributed by atoms with Crippen molar-refractivity contribution >= 4 is 11.5 Å². The second-order valence-corrected chi connectivity index (χ2v) is 5.56. The van der Waals surface area contributed by atoms with Gasteiger partial charge < -0.3 is 9.64 Å². The van der Waals surface area contributed by atoms with Crippen LogP contribution in [0.15, 0.2) is 6.20 Å². The number of nitro groups is 1. The van der Waals surface area contributed by atoms with Gasteiger partial charge in [0.1, 0.15) is 6.20 Å². The van der Waals surface area contributed by atoms with Crippen molar-refractivity contribution < 1.29 is 9.66 Å². The van der Waals surface area contributed by atoms with Gasteiger partial charge in [-0.2, -0.15) is 5.10 Å². The van der Waals surface area contributed by atoms with Crippen LogP contribution in [0.4, 0.5) is 11.5 Å². The first kappa shape index (κ1) is 13.4. The number of hydrogen-bond donors (Lipinski definition) is 0. The van der Waals surface area contributed by atoms with Gasteiger partial charge in [-0.05, 0) is 32.1 Å². The second kappa shape index (κ2) is 5.40. The molecule has 1 aliphatic carbocycles. The Morgan fingerprint density at radius 3 is 2.80 bits per heavy atom. The average molecular weight is 280 g/mol. The number of aromatic nitrogens is 2. The number of hydrogen-bond acceptors (Lipinski definition) is 5. The van der Waals surface area contributed by atoms with Crippen molar-refractivity contribution in [2.75, 3.05) is 25.1 Å². The molecule has 20 heavy (non-hydrogen) atoms. The molecule has 1 aromatic heterocycles. The van der Waals surface area contributed by atoms with E-state index in [9.17, 15) is 10.1 Å². The maximum atomic E-state index is 11.2. The van der Waals surface area contributed by atoms with E-state index in [4.69, 9.17) is 4.74 Å². The third-order valence-electron chi connectivity index (χ3n) is 4.15. The normalized spacial score (nSPS) is 23.6. The van der Waals surface area contributed by atoms with E-state index in [1.54, 1.807) is 7.11 Å². The van der Waals surface area contributed by atoms with E-state index in [1.165, 1.54) is 6.20 Å². The van der Waals surface area contributed by atoms with Crippen LogP contribution in [-0.2, 0) is 4.74 Å². The number of ether oxygens (including phenoxy) is 1. The molecule has 7 heteroatoms. The van der Waals surface area contributed by atoms with Crippen LogP contribution in [0.1, 0.15) is 38.1 Å². The van der Waals surface area contributed by atoms with Crippen molar-refractivity contribution in [3.05, 3.63) is 16.3 Å². The van der Waals surface area contributed by atoms with E-state index >= 15 is 0 Å². The predicted octanol–water partition coefficient (Wildman–Crippen LogP) is 2.13. The van der Waals surface area contributed by atoms with Gasteiger partial charge in [0.15, 0.2) is 0 Å².